The van der Waals surface area contributed by atoms with Crippen molar-refractivity contribution in [2.24, 2.45) is 0 Å². The number of ether oxygens (including phenoxy) is 3. The van der Waals surface area contributed by atoms with E-state index in [4.69, 9.17) is 42.5 Å². The molecule has 1 aromatic heterocycles. The van der Waals surface area contributed by atoms with E-state index in [0.29, 0.717) is 57.3 Å². The van der Waals surface area contributed by atoms with E-state index < -0.39 is 54.3 Å². The third kappa shape index (κ3) is 27.3. The van der Waals surface area contributed by atoms with Crippen molar-refractivity contribution >= 4 is 47.3 Å². The first-order valence-electron chi connectivity index (χ1n) is 34.4. The molecule has 1 amide bonds. The number of alkyl halides is 6. The van der Waals surface area contributed by atoms with Crippen LogP contribution in [0.3, 0.4) is 0 Å². The first kappa shape index (κ1) is 87.0. The van der Waals surface area contributed by atoms with Gasteiger partial charge in [0.15, 0.2) is 17.3 Å². The van der Waals surface area contributed by atoms with Gasteiger partial charge >= 0.3 is 19.5 Å². The van der Waals surface area contributed by atoms with Crippen molar-refractivity contribution in [2.45, 2.75) is 101 Å². The van der Waals surface area contributed by atoms with E-state index in [0.717, 1.165) is 62.1 Å². The van der Waals surface area contributed by atoms with E-state index in [1.807, 2.05) is 138 Å². The topological polar surface area (TPSA) is 216 Å². The van der Waals surface area contributed by atoms with E-state index in [2.05, 4.69) is 21.1 Å². The summed E-state index contributed by atoms with van der Waals surface area (Å²) >= 11 is 0. The second-order valence-corrected chi connectivity index (χ2v) is 25.3. The Morgan fingerprint density at radius 1 is 0.486 bits per heavy atom. The Kier molecular flexibility index (Phi) is 32.4. The van der Waals surface area contributed by atoms with Crippen LogP contribution in [-0.4, -0.2) is 68.6 Å². The fourth-order valence-corrected chi connectivity index (χ4v) is 10.9. The van der Waals surface area contributed by atoms with Gasteiger partial charge in [-0.3, -0.25) is 28.8 Å². The summed E-state index contributed by atoms with van der Waals surface area (Å²) in [7, 11) is -1.34. The summed E-state index contributed by atoms with van der Waals surface area (Å²) < 4.78 is 96.6. The van der Waals surface area contributed by atoms with Crippen LogP contribution in [0.25, 0.3) is 20.9 Å². The van der Waals surface area contributed by atoms with Crippen LogP contribution in [0.2, 0.25) is 0 Å². The molecular formula is C88H81BF6N4O12. The number of Topliss-reactive ketones (excluding diaryl/α,β-unsaturated/α-hetero) is 4. The fourth-order valence-electron chi connectivity index (χ4n) is 10.9. The highest BCUT2D eigenvalue weighted by molar-refractivity contribution is 6.58. The van der Waals surface area contributed by atoms with Gasteiger partial charge in [-0.15, -0.1) is 0 Å². The van der Waals surface area contributed by atoms with E-state index in [1.165, 1.54) is 41.3 Å². The minimum Gasteiger partial charge on any atom is -0.508 e. The molecule has 0 atom stereocenters. The summed E-state index contributed by atoms with van der Waals surface area (Å²) in [5.74, 6) is 0.903. The molecule has 10 aromatic carbocycles. The SMILES string of the molecule is CC(=O)c1ccc(O)cc1C.CC(=O)c1ccc(Oc2ccccc2)cc1C.Cc1cc(Oc2ccccc2)ccc1C(=O)CC(=O)C(F)(F)F.OB(O)c1ccccc1.[C-]#[N+]CC(=O)NCc1ccc(C)cc1C.[C-]#[N+]c1c(C(F)(F)F)cc(-c2ccc(Oc3ccccc3)cc2C)n(Cc2ccc(C)cc2C)c1=O. The number of amides is 1. The second kappa shape index (κ2) is 41.4. The molecule has 570 valence electrons. The van der Waals surface area contributed by atoms with Crippen molar-refractivity contribution in [1.29, 1.82) is 0 Å². The zero-order valence-electron chi connectivity index (χ0n) is 62.5. The molecule has 0 aliphatic carbocycles. The predicted octanol–water partition coefficient (Wildman–Crippen LogP) is 19.4. The molecule has 0 radical (unpaired) electrons. The van der Waals surface area contributed by atoms with Gasteiger partial charge in [0.2, 0.25) is 5.78 Å². The first-order chi connectivity index (χ1) is 52.6. The number of carbonyl (C=O) groups is 5. The highest BCUT2D eigenvalue weighted by Gasteiger charge is 2.40. The lowest BCUT2D eigenvalue weighted by Gasteiger charge is -2.20. The first-order valence-corrected chi connectivity index (χ1v) is 34.4. The fraction of sp³-hybridized carbons (Fsp3) is 0.182. The largest absolute Gasteiger partial charge is 0.508 e. The zero-order valence-corrected chi connectivity index (χ0v) is 62.5. The van der Waals surface area contributed by atoms with Crippen molar-refractivity contribution < 1.29 is 79.7 Å². The highest BCUT2D eigenvalue weighted by atomic mass is 19.4. The Balaban J connectivity index is 0.000000222. The van der Waals surface area contributed by atoms with Gasteiger partial charge in [0, 0.05) is 34.5 Å². The lowest BCUT2D eigenvalue weighted by atomic mass is 9.81. The number of phenolic OH excluding ortho intramolecular Hbond substituents is 1. The van der Waals surface area contributed by atoms with Crippen LogP contribution >= 0.6 is 0 Å². The summed E-state index contributed by atoms with van der Waals surface area (Å²) in [4.78, 5) is 75.3. The summed E-state index contributed by atoms with van der Waals surface area (Å²) in [6.45, 7) is 32.3. The van der Waals surface area contributed by atoms with Crippen LogP contribution in [0.4, 0.5) is 32.0 Å². The maximum absolute atomic E-state index is 13.9. The van der Waals surface area contributed by atoms with Crippen molar-refractivity contribution in [3.63, 3.8) is 0 Å². The molecule has 0 bridgehead atoms. The number of carbonyl (C=O) groups excluding carboxylic acids is 5. The van der Waals surface area contributed by atoms with E-state index in [-0.39, 0.29) is 47.6 Å². The molecule has 0 saturated carbocycles. The monoisotopic (exact) mass is 1510 g/mol. The van der Waals surface area contributed by atoms with Gasteiger partial charge in [-0.1, -0.05) is 132 Å². The van der Waals surface area contributed by atoms with Gasteiger partial charge in [0.1, 0.15) is 40.2 Å². The Hall–Kier alpha value is -13.0. The maximum atomic E-state index is 13.9. The lowest BCUT2D eigenvalue weighted by molar-refractivity contribution is -0.170. The third-order valence-electron chi connectivity index (χ3n) is 16.5. The van der Waals surface area contributed by atoms with Crippen molar-refractivity contribution in [3.05, 3.63) is 348 Å². The van der Waals surface area contributed by atoms with Gasteiger partial charge in [-0.05, 0) is 234 Å². The number of aromatic nitrogens is 1. The Morgan fingerprint density at radius 2 is 0.910 bits per heavy atom. The molecule has 0 saturated heterocycles. The quantitative estimate of drug-likeness (QED) is 0.0207. The van der Waals surface area contributed by atoms with Crippen LogP contribution in [0.5, 0.6) is 40.2 Å². The predicted molar refractivity (Wildman–Crippen MR) is 417 cm³/mol. The number of aryl methyl sites for hydroxylation is 8. The summed E-state index contributed by atoms with van der Waals surface area (Å²) in [6.07, 6.45) is -11.0. The number of para-hydroxylation sites is 3. The molecule has 111 heavy (non-hydrogen) atoms. The molecular weight excluding hydrogens is 1430 g/mol. The molecule has 23 heteroatoms. The van der Waals surface area contributed by atoms with Gasteiger partial charge < -0.3 is 44.1 Å². The van der Waals surface area contributed by atoms with Crippen LogP contribution in [0.15, 0.2) is 241 Å². The van der Waals surface area contributed by atoms with Gasteiger partial charge in [0.25, 0.3) is 23.7 Å². The van der Waals surface area contributed by atoms with Gasteiger partial charge in [0.05, 0.1) is 25.1 Å². The van der Waals surface area contributed by atoms with Gasteiger partial charge in [-0.25, -0.2) is 11.4 Å². The number of nitrogens with one attached hydrogen (secondary N) is 1. The summed E-state index contributed by atoms with van der Waals surface area (Å²) in [5, 5.41) is 28.9. The number of nitrogens with zero attached hydrogens (tertiary/aromatic N) is 3. The van der Waals surface area contributed by atoms with Crippen LogP contribution in [0.1, 0.15) is 113 Å². The molecule has 1 heterocycles. The number of benzene rings is 10. The number of halogens is 6. The Bertz CT molecular complexity index is 5200. The van der Waals surface area contributed by atoms with Crippen LogP contribution < -0.4 is 30.5 Å². The standard InChI is InChI=1S/C29H23F3N2O2.C17H13F3O3.C15H14O2.C12H14N2O.C9H10O2.C6H7BO2/c1-18-10-11-21(19(2)14-18)17-34-26(16-25(29(30,31)32)27(33-4)28(34)35)24-13-12-23(15-20(24)3)36-22-8-6-5-7-9-22;1-11-9-13(23-12-5-3-2-4-6-12)7-8-14(11)15(21)10-16(22)17(18,19)20;1-11-10-14(8-9-15(11)12(2)16)17-13-6-4-3-5-7-13;1-9-4-5-11(10(2)6-9)7-14-12(15)8-13-3;1-6-5-8(11)3-4-9(6)7(2)10;8-7(9)6-4-2-1-3-5-6/h5-16H,17H2,1-3H3;2-9H,10H2,1H3;3-10H,1-2H3;4-6H,7-8H2,1-2H3,(H,14,15);3-5,11H,1-2H3;1-5,8-9H. The average Bonchev–Trinajstić information content (AvgIpc) is 0.758. The van der Waals surface area contributed by atoms with E-state index >= 15 is 0 Å². The second-order valence-electron chi connectivity index (χ2n) is 25.3. The Labute approximate surface area is 640 Å². The summed E-state index contributed by atoms with van der Waals surface area (Å²) in [6, 6.07) is 68.6. The normalized spacial score (nSPS) is 10.5. The molecule has 0 fully saturated rings. The van der Waals surface area contributed by atoms with E-state index in [1.54, 1.807) is 125 Å². The molecule has 11 aromatic rings. The molecule has 11 rings (SSSR count). The van der Waals surface area contributed by atoms with Crippen molar-refractivity contribution in [3.8, 4) is 51.5 Å². The number of pyridine rings is 1. The number of phenols is 1. The molecule has 16 nitrogen and oxygen atoms in total. The molecule has 0 spiro atoms. The summed E-state index contributed by atoms with van der Waals surface area (Å²) in [5.41, 5.74) is 8.40. The number of aromatic hydroxyl groups is 1. The molecule has 0 aliphatic rings. The van der Waals surface area contributed by atoms with E-state index in [9.17, 15) is 55.1 Å². The van der Waals surface area contributed by atoms with Crippen molar-refractivity contribution in [2.75, 3.05) is 6.54 Å². The highest BCUT2D eigenvalue weighted by Crippen LogP contribution is 2.39. The zero-order chi connectivity index (χ0) is 81.7. The van der Waals surface area contributed by atoms with Gasteiger partial charge in [-0.2, -0.15) is 26.3 Å². The van der Waals surface area contributed by atoms with Crippen LogP contribution in [-0.2, 0) is 28.9 Å². The number of rotatable bonds is 18. The number of hydrogen-bond acceptors (Lipinski definition) is 12. The molecule has 0 aliphatic heterocycles. The Morgan fingerprint density at radius 3 is 1.30 bits per heavy atom. The minimum absolute atomic E-state index is 0.0301. The smallest absolute Gasteiger partial charge is 0.488 e. The van der Waals surface area contributed by atoms with Crippen molar-refractivity contribution in [1.82, 2.24) is 9.88 Å². The molecule has 4 N–H and O–H groups in total. The number of hydrogen-bond donors (Lipinski definition) is 4. The maximum Gasteiger partial charge on any atom is 0.488 e. The van der Waals surface area contributed by atoms with Crippen LogP contribution in [0, 0.1) is 68.5 Å². The average molecular weight is 1510 g/mol. The lowest BCUT2D eigenvalue weighted by Crippen LogP contribution is -2.29. The third-order valence-corrected chi connectivity index (χ3v) is 16.5. The molecule has 0 unspecified atom stereocenters. The minimum atomic E-state index is -5.00. The number of ketones is 4.